The first-order chi connectivity index (χ1) is 7.33. The van der Waals surface area contributed by atoms with Gasteiger partial charge in [-0.05, 0) is 19.3 Å². The van der Waals surface area contributed by atoms with Crippen molar-refractivity contribution in [3.05, 3.63) is 0 Å². The van der Waals surface area contributed by atoms with Crippen LogP contribution in [-0.2, 0) is 19.1 Å². The predicted molar refractivity (Wildman–Crippen MR) is 54.2 cm³/mol. The van der Waals surface area contributed by atoms with Gasteiger partial charge in [-0.2, -0.15) is 0 Å². The largest absolute Gasteiger partial charge is 0.382 e. The van der Waals surface area contributed by atoms with E-state index >= 15 is 0 Å². The summed E-state index contributed by atoms with van der Waals surface area (Å²) in [6.07, 6.45) is 3.65. The highest BCUT2D eigenvalue weighted by Gasteiger charge is 2.17. The van der Waals surface area contributed by atoms with Crippen LogP contribution in [-0.4, -0.2) is 38.9 Å². The van der Waals surface area contributed by atoms with Crippen molar-refractivity contribution in [2.75, 3.05) is 26.9 Å². The van der Waals surface area contributed by atoms with Gasteiger partial charge < -0.3 is 9.47 Å². The van der Waals surface area contributed by atoms with E-state index in [1.807, 2.05) is 0 Å². The van der Waals surface area contributed by atoms with Gasteiger partial charge in [0.2, 0.25) is 5.91 Å². The minimum Gasteiger partial charge on any atom is -0.382 e. The Morgan fingerprint density at radius 3 is 3.00 bits per heavy atom. The van der Waals surface area contributed by atoms with Crippen LogP contribution in [0.5, 0.6) is 0 Å². The highest BCUT2D eigenvalue weighted by Crippen LogP contribution is 2.15. The van der Waals surface area contributed by atoms with E-state index in [1.54, 1.807) is 7.11 Å². The number of hydroxylamine groups is 1. The minimum atomic E-state index is -0.127. The summed E-state index contributed by atoms with van der Waals surface area (Å²) in [6.45, 7) is 1.61. The lowest BCUT2D eigenvalue weighted by Gasteiger charge is -2.21. The second-order valence-corrected chi connectivity index (χ2v) is 3.56. The molecule has 1 amide bonds. The van der Waals surface area contributed by atoms with Gasteiger partial charge in [0.15, 0.2) is 0 Å². The van der Waals surface area contributed by atoms with E-state index in [4.69, 9.17) is 14.3 Å². The van der Waals surface area contributed by atoms with Crippen LogP contribution >= 0.6 is 0 Å². The Hall–Kier alpha value is -0.650. The molecule has 1 N–H and O–H groups in total. The van der Waals surface area contributed by atoms with Gasteiger partial charge in [-0.25, -0.2) is 5.48 Å². The van der Waals surface area contributed by atoms with Crippen molar-refractivity contribution in [1.29, 1.82) is 0 Å². The number of hydrogen-bond acceptors (Lipinski definition) is 4. The predicted octanol–water partition coefficient (Wildman–Crippen LogP) is 0.640. The Bertz CT molecular complexity index is 180. The first kappa shape index (κ1) is 12.4. The molecule has 1 rings (SSSR count). The van der Waals surface area contributed by atoms with Crippen LogP contribution in [0.2, 0.25) is 0 Å². The number of rotatable bonds is 6. The molecule has 88 valence electrons. The molecule has 1 aliphatic rings. The van der Waals surface area contributed by atoms with Gasteiger partial charge in [0, 0.05) is 13.7 Å². The Kier molecular flexibility index (Phi) is 6.31. The molecule has 5 nitrogen and oxygen atoms in total. The average Bonchev–Trinajstić information content (AvgIpc) is 2.26. The summed E-state index contributed by atoms with van der Waals surface area (Å²) in [7, 11) is 1.58. The number of methoxy groups -OCH3 is 1. The van der Waals surface area contributed by atoms with Crippen LogP contribution in [0.25, 0.3) is 0 Å². The first-order valence-corrected chi connectivity index (χ1v) is 5.34. The number of hydrogen-bond donors (Lipinski definition) is 1. The van der Waals surface area contributed by atoms with Crippen molar-refractivity contribution in [3.63, 3.8) is 0 Å². The van der Waals surface area contributed by atoms with E-state index in [0.717, 1.165) is 25.9 Å². The standard InChI is InChI=1S/C10H19NO4/c1-13-6-7-15-11-10(12)8-9-4-2-3-5-14-9/h9H,2-8H2,1H3,(H,11,12). The second kappa shape index (κ2) is 7.62. The minimum absolute atomic E-state index is 0.0600. The molecule has 15 heavy (non-hydrogen) atoms. The van der Waals surface area contributed by atoms with E-state index < -0.39 is 0 Å². The van der Waals surface area contributed by atoms with E-state index in [0.29, 0.717) is 19.6 Å². The summed E-state index contributed by atoms with van der Waals surface area (Å²) < 4.78 is 10.2. The van der Waals surface area contributed by atoms with E-state index in [-0.39, 0.29) is 12.0 Å². The number of carbonyl (C=O) groups is 1. The topological polar surface area (TPSA) is 56.8 Å². The fraction of sp³-hybridized carbons (Fsp3) is 0.900. The molecule has 1 fully saturated rings. The molecule has 1 saturated heterocycles. The normalized spacial score (nSPS) is 21.3. The molecule has 1 atom stereocenters. The van der Waals surface area contributed by atoms with Crippen LogP contribution in [0.4, 0.5) is 0 Å². The lowest BCUT2D eigenvalue weighted by atomic mass is 10.1. The lowest BCUT2D eigenvalue weighted by molar-refractivity contribution is -0.138. The van der Waals surface area contributed by atoms with Gasteiger partial charge in [0.1, 0.15) is 0 Å². The second-order valence-electron chi connectivity index (χ2n) is 3.56. The fourth-order valence-electron chi connectivity index (χ4n) is 1.47. The summed E-state index contributed by atoms with van der Waals surface area (Å²) in [5, 5.41) is 0. The summed E-state index contributed by atoms with van der Waals surface area (Å²) >= 11 is 0. The maximum Gasteiger partial charge on any atom is 0.246 e. The van der Waals surface area contributed by atoms with Gasteiger partial charge in [-0.3, -0.25) is 9.63 Å². The molecule has 0 saturated carbocycles. The van der Waals surface area contributed by atoms with E-state index in [2.05, 4.69) is 5.48 Å². The van der Waals surface area contributed by atoms with Gasteiger partial charge in [-0.1, -0.05) is 0 Å². The Labute approximate surface area is 90.0 Å². The highest BCUT2D eigenvalue weighted by atomic mass is 16.7. The summed E-state index contributed by atoms with van der Waals surface area (Å²) in [6, 6.07) is 0. The molecule has 1 heterocycles. The number of nitrogens with one attached hydrogen (secondary N) is 1. The molecule has 0 radical (unpaired) electrons. The van der Waals surface area contributed by atoms with Gasteiger partial charge in [0.25, 0.3) is 0 Å². The van der Waals surface area contributed by atoms with Crippen LogP contribution in [0.15, 0.2) is 0 Å². The van der Waals surface area contributed by atoms with E-state index in [1.165, 1.54) is 0 Å². The van der Waals surface area contributed by atoms with Crippen molar-refractivity contribution in [1.82, 2.24) is 5.48 Å². The molecule has 1 aliphatic heterocycles. The van der Waals surface area contributed by atoms with Crippen molar-refractivity contribution >= 4 is 5.91 Å². The molecule has 0 bridgehead atoms. The zero-order valence-electron chi connectivity index (χ0n) is 9.16. The van der Waals surface area contributed by atoms with Crippen LogP contribution in [0.3, 0.4) is 0 Å². The van der Waals surface area contributed by atoms with Crippen LogP contribution in [0, 0.1) is 0 Å². The molecule has 0 aliphatic carbocycles. The maximum absolute atomic E-state index is 11.3. The van der Waals surface area contributed by atoms with Crippen LogP contribution in [0.1, 0.15) is 25.7 Å². The first-order valence-electron chi connectivity index (χ1n) is 5.34. The zero-order valence-corrected chi connectivity index (χ0v) is 9.16. The van der Waals surface area contributed by atoms with Crippen molar-refractivity contribution in [2.45, 2.75) is 31.8 Å². The monoisotopic (exact) mass is 217 g/mol. The fourth-order valence-corrected chi connectivity index (χ4v) is 1.47. The molecular weight excluding hydrogens is 198 g/mol. The maximum atomic E-state index is 11.3. The van der Waals surface area contributed by atoms with Gasteiger partial charge in [0.05, 0.1) is 25.7 Å². The summed E-state index contributed by atoms with van der Waals surface area (Å²) in [4.78, 5) is 16.2. The molecule has 0 spiro atoms. The van der Waals surface area contributed by atoms with Crippen molar-refractivity contribution < 1.29 is 19.1 Å². The van der Waals surface area contributed by atoms with Crippen molar-refractivity contribution in [3.8, 4) is 0 Å². The third-order valence-electron chi connectivity index (χ3n) is 2.26. The zero-order chi connectivity index (χ0) is 10.9. The number of carbonyl (C=O) groups excluding carboxylic acids is 1. The van der Waals surface area contributed by atoms with Gasteiger partial charge >= 0.3 is 0 Å². The Balaban J connectivity index is 2.01. The smallest absolute Gasteiger partial charge is 0.246 e. The highest BCUT2D eigenvalue weighted by molar-refractivity contribution is 5.75. The molecule has 0 aromatic heterocycles. The molecule has 5 heteroatoms. The summed E-state index contributed by atoms with van der Waals surface area (Å²) in [5.41, 5.74) is 2.37. The molecular formula is C10H19NO4. The van der Waals surface area contributed by atoms with E-state index in [9.17, 15) is 4.79 Å². The SMILES string of the molecule is COCCONC(=O)CC1CCCCO1. The average molecular weight is 217 g/mol. The number of amides is 1. The Morgan fingerprint density at radius 2 is 2.33 bits per heavy atom. The molecule has 0 aromatic carbocycles. The van der Waals surface area contributed by atoms with Gasteiger partial charge in [-0.15, -0.1) is 0 Å². The lowest BCUT2D eigenvalue weighted by Crippen LogP contribution is -2.31. The van der Waals surface area contributed by atoms with Crippen LogP contribution < -0.4 is 5.48 Å². The Morgan fingerprint density at radius 1 is 1.47 bits per heavy atom. The molecule has 1 unspecified atom stereocenters. The third-order valence-corrected chi connectivity index (χ3v) is 2.26. The quantitative estimate of drug-likeness (QED) is 0.524. The van der Waals surface area contributed by atoms with Crippen molar-refractivity contribution in [2.24, 2.45) is 0 Å². The number of ether oxygens (including phenoxy) is 2. The third kappa shape index (κ3) is 5.71. The molecule has 0 aromatic rings. The summed E-state index contributed by atoms with van der Waals surface area (Å²) in [5.74, 6) is -0.127.